The molecule has 4 heteroatoms. The van der Waals surface area contributed by atoms with E-state index in [2.05, 4.69) is 6.07 Å². The predicted octanol–water partition coefficient (Wildman–Crippen LogP) is 2.54. The summed E-state index contributed by atoms with van der Waals surface area (Å²) in [5, 5.41) is 9.37. The first-order valence-corrected chi connectivity index (χ1v) is 5.29. The van der Waals surface area contributed by atoms with Crippen LogP contribution < -0.4 is 5.73 Å². The maximum atomic E-state index is 8.76. The van der Waals surface area contributed by atoms with Crippen LogP contribution in [0.3, 0.4) is 0 Å². The molecule has 0 atom stereocenters. The van der Waals surface area contributed by atoms with Crippen LogP contribution in [0.15, 0.2) is 44.0 Å². The maximum Gasteiger partial charge on any atom is 0.120 e. The Hall–Kier alpha value is -1.05. The summed E-state index contributed by atoms with van der Waals surface area (Å²) >= 11 is 2.90. The second-order valence-corrected chi connectivity index (χ2v) is 4.59. The largest absolute Gasteiger partial charge is 0.392 e. The molecule has 0 aliphatic carbocycles. The average Bonchev–Trinajstić information content (AvgIpc) is 2.17. The summed E-state index contributed by atoms with van der Waals surface area (Å²) in [5.41, 5.74) is 5.70. The van der Waals surface area contributed by atoms with E-state index in [0.717, 1.165) is 9.79 Å². The molecule has 1 aromatic rings. The summed E-state index contributed by atoms with van der Waals surface area (Å²) in [6, 6.07) is 10.0. The van der Waals surface area contributed by atoms with Gasteiger partial charge in [0.25, 0.3) is 0 Å². The minimum Gasteiger partial charge on any atom is -0.392 e. The van der Waals surface area contributed by atoms with E-state index in [1.54, 1.807) is 0 Å². The Morgan fingerprint density at radius 3 is 2.38 bits per heavy atom. The Balaban J connectivity index is 2.44. The van der Waals surface area contributed by atoms with Gasteiger partial charge in [0.15, 0.2) is 0 Å². The Bertz CT molecular complexity index is 418. The predicted molar refractivity (Wildman–Crippen MR) is 55.0 cm³/mol. The highest BCUT2D eigenvalue weighted by Crippen LogP contribution is 2.44. The number of rotatable bonds is 0. The van der Waals surface area contributed by atoms with Crippen molar-refractivity contribution in [3.05, 3.63) is 34.2 Å². The van der Waals surface area contributed by atoms with Crippen molar-refractivity contribution in [2.75, 3.05) is 0 Å². The van der Waals surface area contributed by atoms with E-state index in [1.165, 1.54) is 23.5 Å². The Labute approximate surface area is 84.8 Å². The molecule has 0 spiro atoms. The highest BCUT2D eigenvalue weighted by molar-refractivity contribution is 8.09. The third kappa shape index (κ3) is 1.53. The molecule has 0 aromatic heterocycles. The lowest BCUT2D eigenvalue weighted by molar-refractivity contribution is 1.24. The molecule has 1 aromatic carbocycles. The lowest BCUT2D eigenvalue weighted by Gasteiger charge is -2.14. The summed E-state index contributed by atoms with van der Waals surface area (Å²) in [7, 11) is 0. The van der Waals surface area contributed by atoms with Gasteiger partial charge in [-0.3, -0.25) is 0 Å². The van der Waals surface area contributed by atoms with Crippen molar-refractivity contribution >= 4 is 23.5 Å². The number of fused-ring (bicyclic) bond motifs is 1. The fourth-order valence-corrected chi connectivity index (χ4v) is 2.89. The molecule has 1 aliphatic rings. The summed E-state index contributed by atoms with van der Waals surface area (Å²) in [5.74, 6) is 0. The van der Waals surface area contributed by atoms with E-state index in [-0.39, 0.29) is 0 Å². The molecular weight excluding hydrogens is 200 g/mol. The number of hydrogen-bond acceptors (Lipinski definition) is 4. The van der Waals surface area contributed by atoms with E-state index in [4.69, 9.17) is 11.0 Å². The van der Waals surface area contributed by atoms with Crippen LogP contribution >= 0.6 is 23.5 Å². The molecule has 1 aliphatic heterocycles. The minimum atomic E-state index is 0.601. The Morgan fingerprint density at radius 2 is 1.77 bits per heavy atom. The molecule has 0 fully saturated rings. The van der Waals surface area contributed by atoms with E-state index in [1.807, 2.05) is 24.3 Å². The molecule has 0 saturated heterocycles. The minimum absolute atomic E-state index is 0.601. The number of thioether (sulfide) groups is 2. The summed E-state index contributed by atoms with van der Waals surface area (Å²) < 4.78 is 0. The van der Waals surface area contributed by atoms with Gasteiger partial charge in [0.2, 0.25) is 0 Å². The number of nitriles is 1. The van der Waals surface area contributed by atoms with Crippen LogP contribution in [-0.4, -0.2) is 0 Å². The van der Waals surface area contributed by atoms with Gasteiger partial charge in [-0.2, -0.15) is 5.26 Å². The fraction of sp³-hybridized carbons (Fsp3) is 0. The van der Waals surface area contributed by atoms with Crippen molar-refractivity contribution in [1.29, 1.82) is 5.26 Å². The van der Waals surface area contributed by atoms with Crippen molar-refractivity contribution in [1.82, 2.24) is 0 Å². The molecule has 0 amide bonds. The van der Waals surface area contributed by atoms with Crippen LogP contribution in [0.2, 0.25) is 0 Å². The van der Waals surface area contributed by atoms with Gasteiger partial charge in [-0.05, 0) is 12.1 Å². The first-order valence-electron chi connectivity index (χ1n) is 3.66. The summed E-state index contributed by atoms with van der Waals surface area (Å²) in [4.78, 5) is 2.84. The van der Waals surface area contributed by atoms with Crippen LogP contribution in [0.1, 0.15) is 0 Å². The Kier molecular flexibility index (Phi) is 2.21. The molecule has 0 unspecified atom stereocenters. The quantitative estimate of drug-likeness (QED) is 0.708. The second kappa shape index (κ2) is 3.36. The number of nitrogens with zero attached hydrogens (tertiary/aromatic N) is 1. The number of benzene rings is 1. The Morgan fingerprint density at radius 1 is 1.15 bits per heavy atom. The molecule has 2 nitrogen and oxygen atoms in total. The SMILES string of the molecule is N#CC1=C(N)Sc2ccccc2S1. The zero-order valence-corrected chi connectivity index (χ0v) is 8.28. The number of allylic oxidation sites excluding steroid dienone is 1. The van der Waals surface area contributed by atoms with Crippen molar-refractivity contribution in [2.45, 2.75) is 9.79 Å². The van der Waals surface area contributed by atoms with E-state index < -0.39 is 0 Å². The molecule has 0 bridgehead atoms. The zero-order chi connectivity index (χ0) is 9.26. The summed E-state index contributed by atoms with van der Waals surface area (Å²) in [6.07, 6.45) is 0. The molecule has 13 heavy (non-hydrogen) atoms. The zero-order valence-electron chi connectivity index (χ0n) is 6.65. The van der Waals surface area contributed by atoms with Crippen molar-refractivity contribution in [3.63, 3.8) is 0 Å². The van der Waals surface area contributed by atoms with Crippen LogP contribution in [0.4, 0.5) is 0 Å². The van der Waals surface area contributed by atoms with Crippen LogP contribution in [-0.2, 0) is 0 Å². The lowest BCUT2D eigenvalue weighted by atomic mass is 10.4. The van der Waals surface area contributed by atoms with E-state index in [0.29, 0.717) is 9.93 Å². The highest BCUT2D eigenvalue weighted by Gasteiger charge is 2.16. The molecule has 0 saturated carbocycles. The molecule has 64 valence electrons. The standard InChI is InChI=1S/C9H6N2S2/c10-5-8-9(11)13-7-4-2-1-3-6(7)12-8/h1-4H,11H2. The normalized spacial score (nSPS) is 15.0. The van der Waals surface area contributed by atoms with Gasteiger partial charge in [0.1, 0.15) is 11.0 Å². The van der Waals surface area contributed by atoms with Gasteiger partial charge in [-0.25, -0.2) is 0 Å². The molecule has 2 N–H and O–H groups in total. The first-order chi connectivity index (χ1) is 6.31. The summed E-state index contributed by atoms with van der Waals surface area (Å²) in [6.45, 7) is 0. The van der Waals surface area contributed by atoms with E-state index >= 15 is 0 Å². The van der Waals surface area contributed by atoms with Gasteiger partial charge in [0.05, 0.1) is 5.03 Å². The van der Waals surface area contributed by atoms with Gasteiger partial charge in [0, 0.05) is 9.79 Å². The lowest BCUT2D eigenvalue weighted by Crippen LogP contribution is -1.99. The monoisotopic (exact) mass is 206 g/mol. The number of hydrogen-bond donors (Lipinski definition) is 1. The number of nitrogens with two attached hydrogens (primary N) is 1. The van der Waals surface area contributed by atoms with Crippen LogP contribution in [0.5, 0.6) is 0 Å². The van der Waals surface area contributed by atoms with Gasteiger partial charge >= 0.3 is 0 Å². The van der Waals surface area contributed by atoms with Gasteiger partial charge < -0.3 is 5.73 Å². The topological polar surface area (TPSA) is 49.8 Å². The van der Waals surface area contributed by atoms with Crippen LogP contribution in [0, 0.1) is 11.3 Å². The van der Waals surface area contributed by atoms with Crippen molar-refractivity contribution in [2.24, 2.45) is 5.73 Å². The first kappa shape index (κ1) is 8.54. The third-order valence-electron chi connectivity index (χ3n) is 1.61. The highest BCUT2D eigenvalue weighted by atomic mass is 32.2. The molecular formula is C9H6N2S2. The smallest absolute Gasteiger partial charge is 0.120 e. The molecule has 2 rings (SSSR count). The maximum absolute atomic E-state index is 8.76. The van der Waals surface area contributed by atoms with Gasteiger partial charge in [-0.15, -0.1) is 0 Å². The molecule has 1 heterocycles. The van der Waals surface area contributed by atoms with Crippen molar-refractivity contribution < 1.29 is 0 Å². The average molecular weight is 206 g/mol. The fourth-order valence-electron chi connectivity index (χ4n) is 1.02. The van der Waals surface area contributed by atoms with Crippen LogP contribution in [0.25, 0.3) is 0 Å². The molecule has 0 radical (unpaired) electrons. The third-order valence-corrected chi connectivity index (χ3v) is 3.96. The van der Waals surface area contributed by atoms with Crippen molar-refractivity contribution in [3.8, 4) is 6.07 Å². The second-order valence-electron chi connectivity index (χ2n) is 2.46. The van der Waals surface area contributed by atoms with E-state index in [9.17, 15) is 0 Å². The van der Waals surface area contributed by atoms with Gasteiger partial charge in [-0.1, -0.05) is 35.7 Å².